The van der Waals surface area contributed by atoms with Crippen LogP contribution in [0.15, 0.2) is 0 Å². The molecule has 1 rings (SSSR count). The lowest BCUT2D eigenvalue weighted by Crippen LogP contribution is -2.48. The molecule has 116 valence electrons. The maximum Gasteiger partial charge on any atom is 0.315 e. The van der Waals surface area contributed by atoms with Crippen LogP contribution in [0, 0.1) is 17.3 Å². The fourth-order valence-corrected chi connectivity index (χ4v) is 2.86. The number of carbonyl (C=O) groups excluding carboxylic acids is 1. The monoisotopic (exact) mass is 284 g/mol. The van der Waals surface area contributed by atoms with Crippen LogP contribution in [0.5, 0.6) is 0 Å². The summed E-state index contributed by atoms with van der Waals surface area (Å²) in [7, 11) is 0. The van der Waals surface area contributed by atoms with Crippen molar-refractivity contribution in [1.29, 1.82) is 0 Å². The Morgan fingerprint density at radius 3 is 2.45 bits per heavy atom. The summed E-state index contributed by atoms with van der Waals surface area (Å²) in [5.74, 6) is -1.06. The minimum Gasteiger partial charge on any atom is -0.481 e. The lowest BCUT2D eigenvalue weighted by molar-refractivity contribution is -0.142. The van der Waals surface area contributed by atoms with E-state index in [0.717, 1.165) is 19.3 Å². The van der Waals surface area contributed by atoms with Crippen molar-refractivity contribution in [3.05, 3.63) is 0 Å². The minimum atomic E-state index is -0.847. The summed E-state index contributed by atoms with van der Waals surface area (Å²) in [5.41, 5.74) is 0.126. The fourth-order valence-electron chi connectivity index (χ4n) is 2.86. The molecule has 0 aliphatic heterocycles. The Morgan fingerprint density at radius 2 is 2.00 bits per heavy atom. The zero-order valence-electron chi connectivity index (χ0n) is 13.0. The Hall–Kier alpha value is -1.26. The van der Waals surface area contributed by atoms with Crippen LogP contribution in [0.25, 0.3) is 0 Å². The number of carboxylic acid groups (broad SMARTS) is 1. The third-order valence-corrected chi connectivity index (χ3v) is 4.18. The van der Waals surface area contributed by atoms with Crippen LogP contribution in [0.3, 0.4) is 0 Å². The van der Waals surface area contributed by atoms with Gasteiger partial charge < -0.3 is 15.7 Å². The zero-order valence-corrected chi connectivity index (χ0v) is 13.0. The van der Waals surface area contributed by atoms with Crippen LogP contribution in [-0.4, -0.2) is 29.7 Å². The van der Waals surface area contributed by atoms with E-state index in [4.69, 9.17) is 5.11 Å². The molecule has 2 amide bonds. The van der Waals surface area contributed by atoms with Gasteiger partial charge in [0.25, 0.3) is 0 Å². The van der Waals surface area contributed by atoms with Gasteiger partial charge in [-0.3, -0.25) is 4.79 Å². The maximum absolute atomic E-state index is 11.9. The van der Waals surface area contributed by atoms with Gasteiger partial charge in [-0.2, -0.15) is 0 Å². The molecule has 0 bridgehead atoms. The van der Waals surface area contributed by atoms with Crippen molar-refractivity contribution < 1.29 is 14.7 Å². The molecule has 0 heterocycles. The quantitative estimate of drug-likeness (QED) is 0.701. The first-order valence-corrected chi connectivity index (χ1v) is 7.49. The molecule has 0 aromatic rings. The van der Waals surface area contributed by atoms with Crippen molar-refractivity contribution in [1.82, 2.24) is 10.6 Å². The summed E-state index contributed by atoms with van der Waals surface area (Å²) in [6, 6.07) is -0.0733. The first-order chi connectivity index (χ1) is 9.22. The average Bonchev–Trinajstić information content (AvgIpc) is 2.63. The van der Waals surface area contributed by atoms with Crippen molar-refractivity contribution in [2.24, 2.45) is 17.3 Å². The predicted molar refractivity (Wildman–Crippen MR) is 78.5 cm³/mol. The second-order valence-electron chi connectivity index (χ2n) is 6.95. The number of nitrogens with one attached hydrogen (secondary N) is 2. The molecule has 1 aliphatic carbocycles. The van der Waals surface area contributed by atoms with E-state index in [1.807, 2.05) is 13.8 Å². The molecular weight excluding hydrogens is 256 g/mol. The zero-order chi connectivity index (χ0) is 15.3. The Kier molecular flexibility index (Phi) is 5.84. The van der Waals surface area contributed by atoms with Crippen LogP contribution in [0.1, 0.15) is 53.4 Å². The molecule has 1 aliphatic rings. The predicted octanol–water partition coefficient (Wildman–Crippen LogP) is 2.61. The highest BCUT2D eigenvalue weighted by Gasteiger charge is 2.35. The van der Waals surface area contributed by atoms with Crippen LogP contribution in [0.2, 0.25) is 0 Å². The second kappa shape index (κ2) is 6.95. The normalized spacial score (nSPS) is 22.6. The van der Waals surface area contributed by atoms with E-state index in [1.54, 1.807) is 0 Å². The summed E-state index contributed by atoms with van der Waals surface area (Å²) in [4.78, 5) is 23.0. The highest BCUT2D eigenvalue weighted by atomic mass is 16.4. The summed E-state index contributed by atoms with van der Waals surface area (Å²) < 4.78 is 0. The van der Waals surface area contributed by atoms with E-state index in [2.05, 4.69) is 24.5 Å². The second-order valence-corrected chi connectivity index (χ2v) is 6.95. The summed E-state index contributed by atoms with van der Waals surface area (Å²) in [6.07, 6.45) is 3.81. The van der Waals surface area contributed by atoms with Crippen molar-refractivity contribution in [3.63, 3.8) is 0 Å². The molecule has 5 nitrogen and oxygen atoms in total. The number of amides is 2. The van der Waals surface area contributed by atoms with Gasteiger partial charge in [0.2, 0.25) is 0 Å². The van der Waals surface area contributed by atoms with Crippen LogP contribution < -0.4 is 10.6 Å². The number of hydrogen-bond donors (Lipinski definition) is 3. The molecule has 5 heteroatoms. The van der Waals surface area contributed by atoms with Gasteiger partial charge in [0.15, 0.2) is 0 Å². The Morgan fingerprint density at radius 1 is 1.35 bits per heavy atom. The molecular formula is C15H28N2O3. The molecule has 0 spiro atoms. The van der Waals surface area contributed by atoms with E-state index in [1.165, 1.54) is 0 Å². The van der Waals surface area contributed by atoms with Gasteiger partial charge in [-0.05, 0) is 30.6 Å². The van der Waals surface area contributed by atoms with Crippen LogP contribution >= 0.6 is 0 Å². The third kappa shape index (κ3) is 5.02. The molecule has 0 aromatic carbocycles. The third-order valence-electron chi connectivity index (χ3n) is 4.18. The number of rotatable bonds is 6. The number of carboxylic acids is 1. The number of aliphatic carboxylic acids is 1. The largest absolute Gasteiger partial charge is 0.481 e. The number of carbonyl (C=O) groups is 2. The van der Waals surface area contributed by atoms with Gasteiger partial charge in [-0.15, -0.1) is 0 Å². The summed E-state index contributed by atoms with van der Waals surface area (Å²) in [6.45, 7) is 8.47. The van der Waals surface area contributed by atoms with E-state index in [9.17, 15) is 9.59 Å². The first-order valence-electron chi connectivity index (χ1n) is 7.49. The van der Waals surface area contributed by atoms with E-state index in [-0.39, 0.29) is 24.0 Å². The van der Waals surface area contributed by atoms with Crippen molar-refractivity contribution in [3.8, 4) is 0 Å². The van der Waals surface area contributed by atoms with Crippen molar-refractivity contribution in [2.45, 2.75) is 59.4 Å². The van der Waals surface area contributed by atoms with Crippen molar-refractivity contribution in [2.75, 3.05) is 6.54 Å². The minimum absolute atomic E-state index is 0.126. The Bertz CT molecular complexity index is 353. The lowest BCUT2D eigenvalue weighted by Gasteiger charge is -2.28. The molecule has 0 aromatic heterocycles. The van der Waals surface area contributed by atoms with E-state index < -0.39 is 11.9 Å². The molecule has 0 radical (unpaired) electrons. The van der Waals surface area contributed by atoms with Gasteiger partial charge in [-0.25, -0.2) is 4.79 Å². The van der Waals surface area contributed by atoms with Crippen LogP contribution in [0.4, 0.5) is 4.79 Å². The molecule has 20 heavy (non-hydrogen) atoms. The average molecular weight is 284 g/mol. The molecule has 3 N–H and O–H groups in total. The smallest absolute Gasteiger partial charge is 0.315 e. The molecule has 0 saturated heterocycles. The van der Waals surface area contributed by atoms with Gasteiger partial charge >= 0.3 is 12.0 Å². The molecule has 1 saturated carbocycles. The molecule has 2 unspecified atom stereocenters. The highest BCUT2D eigenvalue weighted by Crippen LogP contribution is 2.37. The van der Waals surface area contributed by atoms with E-state index >= 15 is 0 Å². The summed E-state index contributed by atoms with van der Waals surface area (Å²) in [5, 5.41) is 14.8. The van der Waals surface area contributed by atoms with Gasteiger partial charge in [0, 0.05) is 12.6 Å². The Balaban J connectivity index is 2.40. The SMILES string of the molecule is CC(C)CC(CNC(=O)NC1CCCC1(C)C)C(=O)O. The molecule has 2 atom stereocenters. The number of urea groups is 1. The standard InChI is InChI=1S/C15H28N2O3/c1-10(2)8-11(13(18)19)9-16-14(20)17-12-6-5-7-15(12,3)4/h10-12H,5-9H2,1-4H3,(H,18,19)(H2,16,17,20). The van der Waals surface area contributed by atoms with Crippen LogP contribution in [-0.2, 0) is 4.79 Å². The Labute approximate surface area is 121 Å². The van der Waals surface area contributed by atoms with Gasteiger partial charge in [-0.1, -0.05) is 34.1 Å². The topological polar surface area (TPSA) is 78.4 Å². The van der Waals surface area contributed by atoms with Gasteiger partial charge in [0.05, 0.1) is 5.92 Å². The summed E-state index contributed by atoms with van der Waals surface area (Å²) >= 11 is 0. The lowest BCUT2D eigenvalue weighted by atomic mass is 9.87. The fraction of sp³-hybridized carbons (Fsp3) is 0.867. The van der Waals surface area contributed by atoms with Gasteiger partial charge in [0.1, 0.15) is 0 Å². The number of hydrogen-bond acceptors (Lipinski definition) is 2. The highest BCUT2D eigenvalue weighted by molar-refractivity contribution is 5.76. The van der Waals surface area contributed by atoms with E-state index in [0.29, 0.717) is 12.3 Å². The van der Waals surface area contributed by atoms with Crippen molar-refractivity contribution >= 4 is 12.0 Å². The molecule has 1 fully saturated rings. The first kappa shape index (κ1) is 16.8. The maximum atomic E-state index is 11.9.